The van der Waals surface area contributed by atoms with E-state index >= 15 is 0 Å². The molecule has 3 heteroatoms. The van der Waals surface area contributed by atoms with Gasteiger partial charge in [0, 0.05) is 24.2 Å². The maximum atomic E-state index is 12.3. The predicted octanol–water partition coefficient (Wildman–Crippen LogP) is 2.65. The molecule has 1 unspecified atom stereocenters. The summed E-state index contributed by atoms with van der Waals surface area (Å²) in [6.45, 7) is 6.48. The van der Waals surface area contributed by atoms with Crippen LogP contribution in [-0.2, 0) is 12.1 Å². The molecule has 2 heterocycles. The van der Waals surface area contributed by atoms with Gasteiger partial charge in [-0.25, -0.2) is 0 Å². The Kier molecular flexibility index (Phi) is 3.09. The normalized spacial score (nSPS) is 27.2. The van der Waals surface area contributed by atoms with E-state index in [1.165, 1.54) is 30.4 Å². The van der Waals surface area contributed by atoms with Gasteiger partial charge in [0.05, 0.1) is 0 Å². The summed E-state index contributed by atoms with van der Waals surface area (Å²) in [6, 6.07) is 6.11. The van der Waals surface area contributed by atoms with Crippen LogP contribution in [-0.4, -0.2) is 23.9 Å². The highest BCUT2D eigenvalue weighted by atomic mass is 16.2. The molecule has 3 rings (SSSR count). The fourth-order valence-corrected chi connectivity index (χ4v) is 3.59. The first-order valence-corrected chi connectivity index (χ1v) is 7.36. The molecule has 0 aromatic heterocycles. The molecule has 1 amide bonds. The lowest BCUT2D eigenvalue weighted by Crippen LogP contribution is -2.54. The van der Waals surface area contributed by atoms with Gasteiger partial charge in [-0.15, -0.1) is 0 Å². The van der Waals surface area contributed by atoms with Crippen molar-refractivity contribution in [3.05, 3.63) is 34.9 Å². The number of carbonyl (C=O) groups excluding carboxylic acids is 1. The minimum Gasteiger partial charge on any atom is -0.330 e. The first kappa shape index (κ1) is 12.7. The number of fused-ring (bicyclic) bond motifs is 1. The summed E-state index contributed by atoms with van der Waals surface area (Å²) in [4.78, 5) is 14.7. The van der Waals surface area contributed by atoms with Crippen LogP contribution in [0.1, 0.15) is 54.6 Å². The number of rotatable bonds is 2. The van der Waals surface area contributed by atoms with Crippen LogP contribution < -0.4 is 5.32 Å². The molecule has 102 valence electrons. The number of nitrogens with zero attached hydrogens (tertiary/aromatic N) is 1. The molecule has 3 nitrogen and oxygen atoms in total. The van der Waals surface area contributed by atoms with Gasteiger partial charge in [-0.3, -0.25) is 9.69 Å². The van der Waals surface area contributed by atoms with Crippen molar-refractivity contribution in [3.8, 4) is 0 Å². The fourth-order valence-electron chi connectivity index (χ4n) is 3.59. The van der Waals surface area contributed by atoms with E-state index in [0.717, 1.165) is 25.1 Å². The van der Waals surface area contributed by atoms with Crippen molar-refractivity contribution in [1.29, 1.82) is 0 Å². The number of hydrogen-bond acceptors (Lipinski definition) is 2. The van der Waals surface area contributed by atoms with Crippen molar-refractivity contribution in [3.63, 3.8) is 0 Å². The largest absolute Gasteiger partial charge is 0.330 e. The maximum Gasteiger partial charge on any atom is 0.253 e. The minimum atomic E-state index is -0.306. The van der Waals surface area contributed by atoms with Crippen LogP contribution >= 0.6 is 0 Å². The van der Waals surface area contributed by atoms with Crippen LogP contribution in [0.3, 0.4) is 0 Å². The number of piperidine rings is 1. The molecule has 2 aliphatic rings. The summed E-state index contributed by atoms with van der Waals surface area (Å²) in [5.41, 5.74) is 3.07. The van der Waals surface area contributed by atoms with Crippen molar-refractivity contribution >= 4 is 5.91 Å². The van der Waals surface area contributed by atoms with Gasteiger partial charge >= 0.3 is 0 Å². The highest BCUT2D eigenvalue weighted by Crippen LogP contribution is 2.38. The van der Waals surface area contributed by atoms with Gasteiger partial charge in [-0.2, -0.15) is 0 Å². The summed E-state index contributed by atoms with van der Waals surface area (Å²) < 4.78 is 0. The molecule has 1 aromatic carbocycles. The van der Waals surface area contributed by atoms with Crippen LogP contribution in [0.4, 0.5) is 0 Å². The quantitative estimate of drug-likeness (QED) is 0.884. The van der Waals surface area contributed by atoms with Crippen LogP contribution in [0.2, 0.25) is 0 Å². The molecular weight excluding hydrogens is 236 g/mol. The second-order valence-electron chi connectivity index (χ2n) is 5.77. The molecule has 1 atom stereocenters. The van der Waals surface area contributed by atoms with E-state index < -0.39 is 0 Å². The summed E-state index contributed by atoms with van der Waals surface area (Å²) in [5, 5.41) is 3.23. The van der Waals surface area contributed by atoms with Gasteiger partial charge in [0.1, 0.15) is 5.66 Å². The number of amides is 1. The summed E-state index contributed by atoms with van der Waals surface area (Å²) >= 11 is 0. The van der Waals surface area contributed by atoms with Crippen LogP contribution in [0.5, 0.6) is 0 Å². The molecule has 1 saturated heterocycles. The van der Waals surface area contributed by atoms with Crippen molar-refractivity contribution < 1.29 is 4.79 Å². The third-order valence-corrected chi connectivity index (χ3v) is 4.61. The molecule has 1 N–H and O–H groups in total. The highest BCUT2D eigenvalue weighted by molar-refractivity contribution is 6.00. The second kappa shape index (κ2) is 4.64. The molecule has 19 heavy (non-hydrogen) atoms. The standard InChI is InChI=1S/C16H22N2O/c1-3-12-8-7-9-13-14(12)16(2,17-15(13)19)18-10-5-4-6-11-18/h7-9H,3-6,10-11H2,1-2H3,(H,17,19). The van der Waals surface area contributed by atoms with E-state index in [1.807, 2.05) is 12.1 Å². The zero-order valence-electron chi connectivity index (χ0n) is 11.8. The average molecular weight is 258 g/mol. The molecule has 0 bridgehead atoms. The number of likely N-dealkylation sites (tertiary alicyclic amines) is 1. The Morgan fingerprint density at radius 1 is 1.26 bits per heavy atom. The number of carbonyl (C=O) groups is 1. The molecular formula is C16H22N2O. The molecule has 1 fully saturated rings. The number of aryl methyl sites for hydroxylation is 1. The van der Waals surface area contributed by atoms with E-state index in [2.05, 4.69) is 30.1 Å². The van der Waals surface area contributed by atoms with Crippen molar-refractivity contribution in [2.75, 3.05) is 13.1 Å². The van der Waals surface area contributed by atoms with Gasteiger partial charge < -0.3 is 5.32 Å². The lowest BCUT2D eigenvalue weighted by molar-refractivity contribution is 0.0503. The Bertz CT molecular complexity index is 505. The first-order chi connectivity index (χ1) is 9.16. The average Bonchev–Trinajstić information content (AvgIpc) is 2.73. The smallest absolute Gasteiger partial charge is 0.253 e. The van der Waals surface area contributed by atoms with Crippen LogP contribution in [0.15, 0.2) is 18.2 Å². The Hall–Kier alpha value is -1.35. The van der Waals surface area contributed by atoms with E-state index in [4.69, 9.17) is 0 Å². The topological polar surface area (TPSA) is 32.3 Å². The van der Waals surface area contributed by atoms with Gasteiger partial charge in [-0.1, -0.05) is 25.5 Å². The molecule has 2 aliphatic heterocycles. The van der Waals surface area contributed by atoms with Gasteiger partial charge in [0.15, 0.2) is 0 Å². The molecule has 0 radical (unpaired) electrons. The van der Waals surface area contributed by atoms with E-state index in [1.54, 1.807) is 0 Å². The Labute approximate surface area is 115 Å². The fraction of sp³-hybridized carbons (Fsp3) is 0.562. The molecule has 0 spiro atoms. The molecule has 1 aromatic rings. The van der Waals surface area contributed by atoms with Crippen molar-refractivity contribution in [2.45, 2.75) is 45.2 Å². The zero-order chi connectivity index (χ0) is 13.5. The SMILES string of the molecule is CCc1cccc2c1C(C)(N1CCCCC1)NC2=O. The zero-order valence-corrected chi connectivity index (χ0v) is 11.8. The van der Waals surface area contributed by atoms with E-state index in [0.29, 0.717) is 0 Å². The Morgan fingerprint density at radius 3 is 2.68 bits per heavy atom. The molecule has 0 aliphatic carbocycles. The number of hydrogen-bond donors (Lipinski definition) is 1. The van der Waals surface area contributed by atoms with E-state index in [-0.39, 0.29) is 11.6 Å². The first-order valence-electron chi connectivity index (χ1n) is 7.36. The Balaban J connectivity index is 2.08. The summed E-state index contributed by atoms with van der Waals surface area (Å²) in [7, 11) is 0. The van der Waals surface area contributed by atoms with Crippen LogP contribution in [0, 0.1) is 0 Å². The third kappa shape index (κ3) is 1.88. The number of nitrogens with one attached hydrogen (secondary N) is 1. The van der Waals surface area contributed by atoms with Crippen molar-refractivity contribution in [2.24, 2.45) is 0 Å². The van der Waals surface area contributed by atoms with Gasteiger partial charge in [0.25, 0.3) is 5.91 Å². The summed E-state index contributed by atoms with van der Waals surface area (Å²) in [6.07, 6.45) is 4.74. The third-order valence-electron chi connectivity index (χ3n) is 4.61. The maximum absolute atomic E-state index is 12.3. The second-order valence-corrected chi connectivity index (χ2v) is 5.77. The predicted molar refractivity (Wildman–Crippen MR) is 76.1 cm³/mol. The lowest BCUT2D eigenvalue weighted by atomic mass is 9.91. The molecule has 0 saturated carbocycles. The van der Waals surface area contributed by atoms with Crippen LogP contribution in [0.25, 0.3) is 0 Å². The number of benzene rings is 1. The van der Waals surface area contributed by atoms with E-state index in [9.17, 15) is 4.79 Å². The van der Waals surface area contributed by atoms with Gasteiger partial charge in [0.2, 0.25) is 0 Å². The lowest BCUT2D eigenvalue weighted by Gasteiger charge is -2.42. The highest BCUT2D eigenvalue weighted by Gasteiger charge is 2.44. The Morgan fingerprint density at radius 2 is 2.00 bits per heavy atom. The minimum absolute atomic E-state index is 0.0818. The van der Waals surface area contributed by atoms with Gasteiger partial charge in [-0.05, 0) is 37.8 Å². The monoisotopic (exact) mass is 258 g/mol. The van der Waals surface area contributed by atoms with Crippen molar-refractivity contribution in [1.82, 2.24) is 10.2 Å². The summed E-state index contributed by atoms with van der Waals surface area (Å²) in [5.74, 6) is 0.0818.